The van der Waals surface area contributed by atoms with Crippen LogP contribution in [-0.4, -0.2) is 22.1 Å². The van der Waals surface area contributed by atoms with Crippen molar-refractivity contribution in [3.8, 4) is 5.69 Å². The maximum atomic E-state index is 11.6. The fraction of sp³-hybridized carbons (Fsp3) is 0.167. The Morgan fingerprint density at radius 2 is 2.32 bits per heavy atom. The van der Waals surface area contributed by atoms with Crippen LogP contribution in [0, 0.1) is 3.57 Å². The molecule has 0 fully saturated rings. The molecule has 0 aliphatic heterocycles. The molecule has 0 radical (unpaired) electrons. The van der Waals surface area contributed by atoms with Crippen LogP contribution in [0.1, 0.15) is 17.4 Å². The topological polar surface area (TPSA) is 70.1 Å². The number of nitrogen functional groups attached to an aromatic ring is 1. The largest absolute Gasteiger partial charge is 0.461 e. The highest BCUT2D eigenvalue weighted by Gasteiger charge is 2.18. The van der Waals surface area contributed by atoms with Crippen LogP contribution in [0.15, 0.2) is 24.5 Å². The Hall–Kier alpha value is -1.28. The molecule has 100 valence electrons. The van der Waals surface area contributed by atoms with Crippen molar-refractivity contribution in [1.82, 2.24) is 9.55 Å². The summed E-state index contributed by atoms with van der Waals surface area (Å²) >= 11 is 8.05. The number of hydrogen-bond donors (Lipinski definition) is 1. The van der Waals surface area contributed by atoms with Gasteiger partial charge in [-0.3, -0.25) is 4.57 Å². The summed E-state index contributed by atoms with van der Waals surface area (Å²) in [5.41, 5.74) is 6.87. The summed E-state index contributed by atoms with van der Waals surface area (Å²) < 4.78 is 7.43. The molecule has 2 aromatic rings. The fourth-order valence-electron chi connectivity index (χ4n) is 1.58. The number of halogens is 2. The summed E-state index contributed by atoms with van der Waals surface area (Å²) in [6.07, 6.45) is 1.49. The predicted molar refractivity (Wildman–Crippen MR) is 81.7 cm³/mol. The molecule has 1 aromatic carbocycles. The number of benzene rings is 1. The van der Waals surface area contributed by atoms with Crippen LogP contribution in [0.4, 0.5) is 5.82 Å². The summed E-state index contributed by atoms with van der Waals surface area (Å²) in [5.74, 6) is -0.276. The molecular weight excluding hydrogens is 381 g/mol. The first kappa shape index (κ1) is 14.1. The second kappa shape index (κ2) is 5.79. The van der Waals surface area contributed by atoms with Crippen molar-refractivity contribution in [1.29, 1.82) is 0 Å². The van der Waals surface area contributed by atoms with E-state index in [9.17, 15) is 4.79 Å². The highest BCUT2D eigenvalue weighted by Crippen LogP contribution is 2.25. The first-order valence-electron chi connectivity index (χ1n) is 5.50. The molecule has 2 N–H and O–H groups in total. The number of rotatable bonds is 3. The number of esters is 1. The van der Waals surface area contributed by atoms with Gasteiger partial charge >= 0.3 is 5.97 Å². The van der Waals surface area contributed by atoms with Crippen molar-refractivity contribution in [2.24, 2.45) is 0 Å². The standard InChI is InChI=1S/C12H11ClIN3O2/c1-2-19-12(18)10-11(15)17(6-16-10)9-4-3-7(13)5-8(9)14/h3-6H,2,15H2,1H3. The minimum atomic E-state index is -0.525. The molecule has 2 rings (SSSR count). The van der Waals surface area contributed by atoms with Gasteiger partial charge in [0.05, 0.1) is 12.3 Å². The Bertz CT molecular complexity index is 627. The lowest BCUT2D eigenvalue weighted by atomic mass is 10.3. The maximum Gasteiger partial charge on any atom is 0.360 e. The normalized spacial score (nSPS) is 10.5. The fourth-order valence-corrected chi connectivity index (χ4v) is 2.71. The summed E-state index contributed by atoms with van der Waals surface area (Å²) in [7, 11) is 0. The zero-order valence-electron chi connectivity index (χ0n) is 10.1. The van der Waals surface area contributed by atoms with Crippen molar-refractivity contribution in [3.63, 3.8) is 0 Å². The number of hydrogen-bond acceptors (Lipinski definition) is 4. The molecule has 19 heavy (non-hydrogen) atoms. The maximum absolute atomic E-state index is 11.6. The van der Waals surface area contributed by atoms with Crippen molar-refractivity contribution in [2.45, 2.75) is 6.92 Å². The lowest BCUT2D eigenvalue weighted by Crippen LogP contribution is -2.09. The van der Waals surface area contributed by atoms with Crippen LogP contribution in [0.25, 0.3) is 5.69 Å². The van der Waals surface area contributed by atoms with E-state index in [0.29, 0.717) is 5.02 Å². The molecule has 5 nitrogen and oxygen atoms in total. The van der Waals surface area contributed by atoms with Gasteiger partial charge in [0.25, 0.3) is 0 Å². The second-order valence-corrected chi connectivity index (χ2v) is 5.26. The van der Waals surface area contributed by atoms with Crippen LogP contribution in [0.2, 0.25) is 5.02 Å². The van der Waals surface area contributed by atoms with Crippen LogP contribution in [-0.2, 0) is 4.74 Å². The Morgan fingerprint density at radius 3 is 2.95 bits per heavy atom. The zero-order valence-corrected chi connectivity index (χ0v) is 13.0. The minimum absolute atomic E-state index is 0.118. The van der Waals surface area contributed by atoms with Crippen molar-refractivity contribution < 1.29 is 9.53 Å². The second-order valence-electron chi connectivity index (χ2n) is 3.66. The van der Waals surface area contributed by atoms with E-state index in [1.54, 1.807) is 23.6 Å². The molecule has 0 aliphatic carbocycles. The number of carbonyl (C=O) groups excluding carboxylic acids is 1. The third-order valence-electron chi connectivity index (χ3n) is 2.44. The van der Waals surface area contributed by atoms with Crippen LogP contribution in [0.5, 0.6) is 0 Å². The van der Waals surface area contributed by atoms with Gasteiger partial charge in [0.2, 0.25) is 0 Å². The summed E-state index contributed by atoms with van der Waals surface area (Å²) in [4.78, 5) is 15.6. The molecule has 0 spiro atoms. The monoisotopic (exact) mass is 391 g/mol. The van der Waals surface area contributed by atoms with E-state index >= 15 is 0 Å². The van der Waals surface area contributed by atoms with Gasteiger partial charge in [-0.25, -0.2) is 9.78 Å². The van der Waals surface area contributed by atoms with Crippen molar-refractivity contribution in [3.05, 3.63) is 38.8 Å². The molecule has 0 amide bonds. The Labute approximate surface area is 128 Å². The number of nitrogens with zero attached hydrogens (tertiary/aromatic N) is 2. The lowest BCUT2D eigenvalue weighted by molar-refractivity contribution is 0.0521. The minimum Gasteiger partial charge on any atom is -0.461 e. The molecule has 0 saturated heterocycles. The van der Waals surface area contributed by atoms with E-state index in [1.165, 1.54) is 6.33 Å². The summed E-state index contributed by atoms with van der Waals surface area (Å²) in [6.45, 7) is 2.01. The molecule has 0 aliphatic rings. The first-order chi connectivity index (χ1) is 9.04. The first-order valence-corrected chi connectivity index (χ1v) is 6.95. The third kappa shape index (κ3) is 2.84. The van der Waals surface area contributed by atoms with Gasteiger partial charge in [-0.2, -0.15) is 0 Å². The summed E-state index contributed by atoms with van der Waals surface area (Å²) in [6, 6.07) is 5.38. The van der Waals surface area contributed by atoms with E-state index in [4.69, 9.17) is 22.1 Å². The van der Waals surface area contributed by atoms with Crippen molar-refractivity contribution >= 4 is 46.0 Å². The molecule has 0 unspecified atom stereocenters. The average Bonchev–Trinajstić information content (AvgIpc) is 2.72. The Balaban J connectivity index is 2.44. The Morgan fingerprint density at radius 1 is 1.58 bits per heavy atom. The number of aromatic nitrogens is 2. The highest BCUT2D eigenvalue weighted by molar-refractivity contribution is 14.1. The molecule has 1 heterocycles. The third-order valence-corrected chi connectivity index (χ3v) is 3.54. The molecule has 0 bridgehead atoms. The van der Waals surface area contributed by atoms with E-state index in [2.05, 4.69) is 27.6 Å². The van der Waals surface area contributed by atoms with Gasteiger partial charge in [0, 0.05) is 8.59 Å². The van der Waals surface area contributed by atoms with Gasteiger partial charge in [-0.15, -0.1) is 0 Å². The van der Waals surface area contributed by atoms with E-state index < -0.39 is 5.97 Å². The number of imidazole rings is 1. The zero-order chi connectivity index (χ0) is 14.0. The quantitative estimate of drug-likeness (QED) is 0.645. The highest BCUT2D eigenvalue weighted by atomic mass is 127. The lowest BCUT2D eigenvalue weighted by Gasteiger charge is -2.08. The van der Waals surface area contributed by atoms with E-state index in [0.717, 1.165) is 9.26 Å². The molecule has 0 atom stereocenters. The van der Waals surface area contributed by atoms with E-state index in [-0.39, 0.29) is 18.1 Å². The average molecular weight is 392 g/mol. The number of nitrogens with two attached hydrogens (primary N) is 1. The van der Waals surface area contributed by atoms with Gasteiger partial charge in [-0.05, 0) is 47.7 Å². The molecule has 0 saturated carbocycles. The Kier molecular flexibility index (Phi) is 4.31. The van der Waals surface area contributed by atoms with Gasteiger partial charge in [0.15, 0.2) is 5.69 Å². The SMILES string of the molecule is CCOC(=O)c1ncn(-c2ccc(Cl)cc2I)c1N. The number of ether oxygens (including phenoxy) is 1. The smallest absolute Gasteiger partial charge is 0.360 e. The molecule has 1 aromatic heterocycles. The predicted octanol–water partition coefficient (Wildman–Crippen LogP) is 2.89. The van der Waals surface area contributed by atoms with Gasteiger partial charge < -0.3 is 10.5 Å². The van der Waals surface area contributed by atoms with Crippen LogP contribution >= 0.6 is 34.2 Å². The number of carbonyl (C=O) groups is 1. The van der Waals surface area contributed by atoms with Crippen LogP contribution < -0.4 is 5.73 Å². The van der Waals surface area contributed by atoms with Crippen LogP contribution in [0.3, 0.4) is 0 Å². The van der Waals surface area contributed by atoms with Crippen molar-refractivity contribution in [2.75, 3.05) is 12.3 Å². The van der Waals surface area contributed by atoms with Gasteiger partial charge in [0.1, 0.15) is 12.1 Å². The molecular formula is C12H11ClIN3O2. The number of anilines is 1. The van der Waals surface area contributed by atoms with Gasteiger partial charge in [-0.1, -0.05) is 11.6 Å². The van der Waals surface area contributed by atoms with E-state index in [1.807, 2.05) is 6.07 Å². The molecule has 7 heteroatoms. The summed E-state index contributed by atoms with van der Waals surface area (Å²) in [5, 5.41) is 0.637.